The highest BCUT2D eigenvalue weighted by Gasteiger charge is 2.04. The molecule has 0 saturated heterocycles. The Labute approximate surface area is 144 Å². The second kappa shape index (κ2) is 7.61. The summed E-state index contributed by atoms with van der Waals surface area (Å²) in [6, 6.07) is 15.6. The lowest BCUT2D eigenvalue weighted by atomic mass is 10.2. The van der Waals surface area contributed by atoms with E-state index < -0.39 is 0 Å². The number of rotatable bonds is 6. The van der Waals surface area contributed by atoms with E-state index in [0.717, 1.165) is 33.5 Å². The van der Waals surface area contributed by atoms with Gasteiger partial charge in [-0.25, -0.2) is 4.98 Å². The van der Waals surface area contributed by atoms with E-state index in [0.29, 0.717) is 0 Å². The Hall–Kier alpha value is -2.86. The van der Waals surface area contributed by atoms with E-state index >= 15 is 0 Å². The van der Waals surface area contributed by atoms with Crippen molar-refractivity contribution < 1.29 is 9.47 Å². The van der Waals surface area contributed by atoms with Crippen molar-refractivity contribution in [1.29, 1.82) is 0 Å². The summed E-state index contributed by atoms with van der Waals surface area (Å²) in [5.74, 6) is 1.48. The zero-order valence-corrected chi connectivity index (χ0v) is 14.2. The van der Waals surface area contributed by atoms with Crippen molar-refractivity contribution in [1.82, 2.24) is 4.98 Å². The molecular weight excluding hydrogens is 322 g/mol. The van der Waals surface area contributed by atoms with Crippen LogP contribution >= 0.6 is 11.3 Å². The molecule has 0 radical (unpaired) electrons. The second-order valence-corrected chi connectivity index (χ2v) is 5.74. The van der Waals surface area contributed by atoms with E-state index in [2.05, 4.69) is 15.5 Å². The molecule has 1 aromatic heterocycles. The lowest BCUT2D eigenvalue weighted by Gasteiger charge is -2.06. The molecule has 1 heterocycles. The van der Waals surface area contributed by atoms with Crippen LogP contribution in [0.15, 0.2) is 59.0 Å². The van der Waals surface area contributed by atoms with Crippen molar-refractivity contribution in [2.75, 3.05) is 19.6 Å². The first-order valence-corrected chi connectivity index (χ1v) is 8.20. The molecule has 0 saturated carbocycles. The molecule has 0 bridgehead atoms. The molecule has 2 aromatic carbocycles. The van der Waals surface area contributed by atoms with E-state index in [4.69, 9.17) is 9.47 Å². The summed E-state index contributed by atoms with van der Waals surface area (Å²) in [5, 5.41) is 6.97. The van der Waals surface area contributed by atoms with Gasteiger partial charge in [-0.15, -0.1) is 11.3 Å². The molecule has 1 N–H and O–H groups in total. The third-order valence-corrected chi connectivity index (χ3v) is 4.12. The van der Waals surface area contributed by atoms with Gasteiger partial charge >= 0.3 is 0 Å². The maximum atomic E-state index is 5.32. The highest BCUT2D eigenvalue weighted by molar-refractivity contribution is 7.14. The van der Waals surface area contributed by atoms with E-state index in [1.807, 2.05) is 53.9 Å². The first-order chi connectivity index (χ1) is 11.8. The van der Waals surface area contributed by atoms with Gasteiger partial charge in [-0.1, -0.05) is 30.3 Å². The van der Waals surface area contributed by atoms with Gasteiger partial charge in [0.15, 0.2) is 0 Å². The minimum atomic E-state index is 0.727. The number of ether oxygens (including phenoxy) is 2. The molecule has 3 rings (SSSR count). The highest BCUT2D eigenvalue weighted by Crippen LogP contribution is 2.25. The molecule has 0 aliphatic rings. The number of nitrogens with zero attached hydrogens (tertiary/aromatic N) is 2. The van der Waals surface area contributed by atoms with Gasteiger partial charge in [-0.2, -0.15) is 5.10 Å². The van der Waals surface area contributed by atoms with Gasteiger partial charge < -0.3 is 9.47 Å². The van der Waals surface area contributed by atoms with Gasteiger partial charge in [0, 0.05) is 16.5 Å². The number of benzene rings is 2. The van der Waals surface area contributed by atoms with Gasteiger partial charge in [0.05, 0.1) is 26.1 Å². The van der Waals surface area contributed by atoms with Gasteiger partial charge in [-0.3, -0.25) is 5.43 Å². The Morgan fingerprint density at radius 1 is 1.08 bits per heavy atom. The molecule has 0 atom stereocenters. The summed E-state index contributed by atoms with van der Waals surface area (Å²) < 4.78 is 10.5. The standard InChI is InChI=1S/C18H17N3O2S/c1-22-15-8-9-17(23-2)14(10-15)11-19-21-18-20-16(12-24-18)13-6-4-3-5-7-13/h3-12H,1-2H3,(H,20,21)/b19-11+. The van der Waals surface area contributed by atoms with Crippen LogP contribution in [-0.4, -0.2) is 25.4 Å². The first kappa shape index (κ1) is 16.0. The molecule has 5 nitrogen and oxygen atoms in total. The number of methoxy groups -OCH3 is 2. The van der Waals surface area contributed by atoms with Crippen LogP contribution in [0, 0.1) is 0 Å². The number of nitrogens with one attached hydrogen (secondary N) is 1. The lowest BCUT2D eigenvalue weighted by Crippen LogP contribution is -1.95. The molecule has 122 valence electrons. The van der Waals surface area contributed by atoms with E-state index in [1.165, 1.54) is 11.3 Å². The van der Waals surface area contributed by atoms with Crippen molar-refractivity contribution in [2.24, 2.45) is 5.10 Å². The summed E-state index contributed by atoms with van der Waals surface area (Å²) in [7, 11) is 3.25. The van der Waals surface area contributed by atoms with Crippen LogP contribution in [0.1, 0.15) is 5.56 Å². The van der Waals surface area contributed by atoms with Gasteiger partial charge in [0.25, 0.3) is 0 Å². The Morgan fingerprint density at radius 3 is 2.67 bits per heavy atom. The predicted molar refractivity (Wildman–Crippen MR) is 98.3 cm³/mol. The van der Waals surface area contributed by atoms with E-state index in [1.54, 1.807) is 20.4 Å². The third-order valence-electron chi connectivity index (χ3n) is 3.37. The Bertz CT molecular complexity index is 831. The number of thiazole rings is 1. The summed E-state index contributed by atoms with van der Waals surface area (Å²) >= 11 is 1.51. The van der Waals surface area contributed by atoms with E-state index in [-0.39, 0.29) is 0 Å². The maximum absolute atomic E-state index is 5.32. The van der Waals surface area contributed by atoms with Crippen LogP contribution in [0.3, 0.4) is 0 Å². The van der Waals surface area contributed by atoms with Crippen LogP contribution in [0.25, 0.3) is 11.3 Å². The molecule has 24 heavy (non-hydrogen) atoms. The molecule has 0 aliphatic heterocycles. The fraction of sp³-hybridized carbons (Fsp3) is 0.111. The van der Waals surface area contributed by atoms with Crippen molar-refractivity contribution in [3.8, 4) is 22.8 Å². The summed E-state index contributed by atoms with van der Waals surface area (Å²) in [6.45, 7) is 0. The minimum Gasteiger partial charge on any atom is -0.497 e. The largest absolute Gasteiger partial charge is 0.497 e. The Kier molecular flexibility index (Phi) is 5.08. The second-order valence-electron chi connectivity index (χ2n) is 4.88. The molecule has 3 aromatic rings. The average Bonchev–Trinajstić information content (AvgIpc) is 3.11. The SMILES string of the molecule is COc1ccc(OC)c(/C=N/Nc2nc(-c3ccccc3)cs2)c1. The van der Waals surface area contributed by atoms with E-state index in [9.17, 15) is 0 Å². The van der Waals surface area contributed by atoms with Crippen molar-refractivity contribution in [3.05, 3.63) is 59.5 Å². The average molecular weight is 339 g/mol. The fourth-order valence-electron chi connectivity index (χ4n) is 2.16. The molecule has 0 amide bonds. The summed E-state index contributed by atoms with van der Waals surface area (Å²) in [5.41, 5.74) is 5.79. The number of hydrogen-bond donors (Lipinski definition) is 1. The molecule has 0 spiro atoms. The van der Waals surface area contributed by atoms with Crippen LogP contribution in [0.4, 0.5) is 5.13 Å². The number of hydrazone groups is 1. The zero-order valence-electron chi connectivity index (χ0n) is 13.4. The van der Waals surface area contributed by atoms with Crippen molar-refractivity contribution >= 4 is 22.7 Å². The number of aromatic nitrogens is 1. The van der Waals surface area contributed by atoms with Gasteiger partial charge in [-0.05, 0) is 18.2 Å². The summed E-state index contributed by atoms with van der Waals surface area (Å²) in [4.78, 5) is 4.53. The highest BCUT2D eigenvalue weighted by atomic mass is 32.1. The van der Waals surface area contributed by atoms with Crippen LogP contribution < -0.4 is 14.9 Å². The molecule has 0 unspecified atom stereocenters. The van der Waals surface area contributed by atoms with Crippen molar-refractivity contribution in [2.45, 2.75) is 0 Å². The number of hydrogen-bond acceptors (Lipinski definition) is 6. The molecular formula is C18H17N3O2S. The van der Waals surface area contributed by atoms with Gasteiger partial charge in [0.1, 0.15) is 11.5 Å². The third kappa shape index (κ3) is 3.72. The predicted octanol–water partition coefficient (Wildman–Crippen LogP) is 4.27. The maximum Gasteiger partial charge on any atom is 0.203 e. The number of anilines is 1. The van der Waals surface area contributed by atoms with Crippen LogP contribution in [-0.2, 0) is 0 Å². The molecule has 0 fully saturated rings. The van der Waals surface area contributed by atoms with Crippen molar-refractivity contribution in [3.63, 3.8) is 0 Å². The fourth-order valence-corrected chi connectivity index (χ4v) is 2.83. The zero-order chi connectivity index (χ0) is 16.8. The lowest BCUT2D eigenvalue weighted by molar-refractivity contribution is 0.402. The quantitative estimate of drug-likeness (QED) is 0.538. The Morgan fingerprint density at radius 2 is 1.92 bits per heavy atom. The van der Waals surface area contributed by atoms with Gasteiger partial charge in [0.2, 0.25) is 5.13 Å². The normalized spacial score (nSPS) is 10.8. The smallest absolute Gasteiger partial charge is 0.203 e. The summed E-state index contributed by atoms with van der Waals surface area (Å²) in [6.07, 6.45) is 1.69. The van der Waals surface area contributed by atoms with Crippen LogP contribution in [0.5, 0.6) is 11.5 Å². The Balaban J connectivity index is 1.72. The monoisotopic (exact) mass is 339 g/mol. The first-order valence-electron chi connectivity index (χ1n) is 7.32. The van der Waals surface area contributed by atoms with Crippen LogP contribution in [0.2, 0.25) is 0 Å². The molecule has 0 aliphatic carbocycles. The minimum absolute atomic E-state index is 0.727. The topological polar surface area (TPSA) is 55.7 Å². The molecule has 6 heteroatoms.